The molecule has 0 aromatic heterocycles. The highest BCUT2D eigenvalue weighted by Gasteiger charge is 2.47. The summed E-state index contributed by atoms with van der Waals surface area (Å²) in [5.74, 6) is 0.764. The monoisotopic (exact) mass is 230 g/mol. The van der Waals surface area contributed by atoms with Crippen molar-refractivity contribution >= 4 is 17.7 Å². The van der Waals surface area contributed by atoms with Gasteiger partial charge in [0.25, 0.3) is 0 Å². The molecular formula is C11H18O3S. The van der Waals surface area contributed by atoms with Crippen LogP contribution in [0.4, 0.5) is 0 Å². The molecule has 4 atom stereocenters. The maximum absolute atomic E-state index is 10.7. The topological polar surface area (TPSA) is 46.5 Å². The van der Waals surface area contributed by atoms with Gasteiger partial charge in [0.15, 0.2) is 5.12 Å². The lowest BCUT2D eigenvalue weighted by Crippen LogP contribution is -2.29. The van der Waals surface area contributed by atoms with E-state index in [9.17, 15) is 9.90 Å². The number of ether oxygens (including phenoxy) is 1. The minimum atomic E-state index is -0.0420. The molecule has 2 aliphatic rings. The summed E-state index contributed by atoms with van der Waals surface area (Å²) in [6, 6.07) is 0. The fourth-order valence-corrected chi connectivity index (χ4v) is 3.17. The first-order valence-electron chi connectivity index (χ1n) is 5.70. The number of rotatable bonds is 5. The van der Waals surface area contributed by atoms with Gasteiger partial charge in [0.1, 0.15) is 0 Å². The molecule has 2 rings (SSSR count). The van der Waals surface area contributed by atoms with Crippen LogP contribution in [0.2, 0.25) is 0 Å². The van der Waals surface area contributed by atoms with Gasteiger partial charge < -0.3 is 9.84 Å². The molecule has 0 aromatic carbocycles. The second kappa shape index (κ2) is 4.85. The second-order valence-corrected chi connectivity index (χ2v) is 5.09. The summed E-state index contributed by atoms with van der Waals surface area (Å²) in [6.45, 7) is 0.223. The lowest BCUT2D eigenvalue weighted by atomic mass is 9.77. The van der Waals surface area contributed by atoms with Gasteiger partial charge in [-0.1, -0.05) is 0 Å². The first-order valence-corrected chi connectivity index (χ1v) is 6.15. The highest BCUT2D eigenvalue weighted by molar-refractivity contribution is 7.96. The largest absolute Gasteiger partial charge is 0.396 e. The fraction of sp³-hybridized carbons (Fsp3) is 0.909. The Labute approximate surface area is 95.6 Å². The Hall–Kier alpha value is -0.0600. The molecule has 86 valence electrons. The Kier molecular flexibility index (Phi) is 3.69. The van der Waals surface area contributed by atoms with Gasteiger partial charge in [-0.25, -0.2) is 0 Å². The van der Waals surface area contributed by atoms with E-state index in [1.807, 2.05) is 0 Å². The van der Waals surface area contributed by atoms with Crippen molar-refractivity contribution in [3.63, 3.8) is 0 Å². The number of hydrogen-bond donors (Lipinski definition) is 2. The minimum absolute atomic E-state index is 0.0420. The summed E-state index contributed by atoms with van der Waals surface area (Å²) in [5, 5.41) is 9.26. The van der Waals surface area contributed by atoms with E-state index in [2.05, 4.69) is 12.6 Å². The third-order valence-electron chi connectivity index (χ3n) is 3.73. The van der Waals surface area contributed by atoms with Crippen molar-refractivity contribution in [2.24, 2.45) is 11.8 Å². The maximum atomic E-state index is 10.7. The van der Waals surface area contributed by atoms with Gasteiger partial charge in [-0.2, -0.15) is 0 Å². The highest BCUT2D eigenvalue weighted by Crippen LogP contribution is 2.45. The molecular weight excluding hydrogens is 212 g/mol. The predicted molar refractivity (Wildman–Crippen MR) is 59.8 cm³/mol. The maximum Gasteiger partial charge on any atom is 0.185 e. The molecule has 0 spiro atoms. The molecule has 4 heteroatoms. The first kappa shape index (κ1) is 11.4. The molecule has 0 amide bonds. The van der Waals surface area contributed by atoms with Gasteiger partial charge >= 0.3 is 0 Å². The Balaban J connectivity index is 1.83. The number of thiol groups is 1. The Bertz CT molecular complexity index is 244. The zero-order chi connectivity index (χ0) is 10.8. The molecule has 0 aromatic rings. The molecule has 0 radical (unpaired) electrons. The van der Waals surface area contributed by atoms with E-state index < -0.39 is 0 Å². The van der Waals surface area contributed by atoms with Crippen LogP contribution in [-0.2, 0) is 9.53 Å². The average molecular weight is 230 g/mol. The quantitative estimate of drug-likeness (QED) is 0.702. The van der Waals surface area contributed by atoms with Crippen molar-refractivity contribution in [3.8, 4) is 0 Å². The van der Waals surface area contributed by atoms with Crippen molar-refractivity contribution < 1.29 is 14.6 Å². The zero-order valence-electron chi connectivity index (χ0n) is 8.76. The summed E-state index contributed by atoms with van der Waals surface area (Å²) < 4.78 is 5.78. The fourth-order valence-electron chi connectivity index (χ4n) is 3.01. The number of aliphatic hydroxyl groups excluding tert-OH is 1. The Morgan fingerprint density at radius 3 is 2.60 bits per heavy atom. The molecule has 2 heterocycles. The van der Waals surface area contributed by atoms with Gasteiger partial charge in [-0.05, 0) is 31.6 Å². The van der Waals surface area contributed by atoms with Crippen molar-refractivity contribution in [1.82, 2.24) is 0 Å². The minimum Gasteiger partial charge on any atom is -0.396 e. The van der Waals surface area contributed by atoms with Crippen LogP contribution >= 0.6 is 12.6 Å². The normalized spacial score (nSPS) is 38.5. The molecule has 15 heavy (non-hydrogen) atoms. The van der Waals surface area contributed by atoms with E-state index in [-0.39, 0.29) is 17.8 Å². The lowest BCUT2D eigenvalue weighted by molar-refractivity contribution is -0.110. The summed E-state index contributed by atoms with van der Waals surface area (Å²) >= 11 is 3.75. The lowest BCUT2D eigenvalue weighted by Gasteiger charge is -2.26. The SMILES string of the molecule is O=C(S)CCC[C@H]1[C@@H](CO)[C@H]2CC[C@@H]1O2. The van der Waals surface area contributed by atoms with Gasteiger partial charge in [0.05, 0.1) is 12.2 Å². The number of carbonyl (C=O) groups is 1. The van der Waals surface area contributed by atoms with Crippen LogP contribution in [-0.4, -0.2) is 29.0 Å². The summed E-state index contributed by atoms with van der Waals surface area (Å²) in [5.41, 5.74) is 0. The van der Waals surface area contributed by atoms with Crippen LogP contribution in [0.25, 0.3) is 0 Å². The molecule has 0 unspecified atom stereocenters. The van der Waals surface area contributed by atoms with Gasteiger partial charge in [-0.3, -0.25) is 4.79 Å². The number of carbonyl (C=O) groups excluding carboxylic acids is 1. The van der Waals surface area contributed by atoms with E-state index in [0.29, 0.717) is 24.4 Å². The Morgan fingerprint density at radius 2 is 2.00 bits per heavy atom. The van der Waals surface area contributed by atoms with Crippen LogP contribution in [0.5, 0.6) is 0 Å². The van der Waals surface area contributed by atoms with Gasteiger partial charge in [0, 0.05) is 18.9 Å². The Morgan fingerprint density at radius 1 is 1.33 bits per heavy atom. The molecule has 3 nitrogen and oxygen atoms in total. The predicted octanol–water partition coefficient (Wildman–Crippen LogP) is 1.40. The average Bonchev–Trinajstić information content (AvgIpc) is 2.76. The standard InChI is InChI=1S/C11H18O3S/c12-6-8-7(2-1-3-11(13)15)9-4-5-10(8)14-9/h7-10,12H,1-6H2,(H,13,15)/t7-,8+,9-,10+/m0/s1. The number of fused-ring (bicyclic) bond motifs is 2. The molecule has 0 saturated carbocycles. The summed E-state index contributed by atoms with van der Waals surface area (Å²) in [4.78, 5) is 10.7. The van der Waals surface area contributed by atoms with Crippen molar-refractivity contribution in [2.75, 3.05) is 6.61 Å². The summed E-state index contributed by atoms with van der Waals surface area (Å²) in [7, 11) is 0. The molecule has 1 N–H and O–H groups in total. The van der Waals surface area contributed by atoms with Crippen molar-refractivity contribution in [2.45, 2.75) is 44.3 Å². The van der Waals surface area contributed by atoms with Gasteiger partial charge in [-0.15, -0.1) is 12.6 Å². The van der Waals surface area contributed by atoms with Crippen LogP contribution in [0.3, 0.4) is 0 Å². The molecule has 2 saturated heterocycles. The van der Waals surface area contributed by atoms with E-state index in [4.69, 9.17) is 4.74 Å². The van der Waals surface area contributed by atoms with Crippen molar-refractivity contribution in [1.29, 1.82) is 0 Å². The van der Waals surface area contributed by atoms with Crippen LogP contribution in [0, 0.1) is 11.8 Å². The van der Waals surface area contributed by atoms with E-state index in [0.717, 1.165) is 25.7 Å². The summed E-state index contributed by atoms with van der Waals surface area (Å²) in [6.07, 6.45) is 5.22. The van der Waals surface area contributed by atoms with Crippen LogP contribution < -0.4 is 0 Å². The van der Waals surface area contributed by atoms with E-state index in [1.165, 1.54) is 0 Å². The molecule has 2 bridgehead atoms. The molecule has 2 fully saturated rings. The van der Waals surface area contributed by atoms with Crippen molar-refractivity contribution in [3.05, 3.63) is 0 Å². The number of hydrogen-bond acceptors (Lipinski definition) is 3. The van der Waals surface area contributed by atoms with E-state index in [1.54, 1.807) is 0 Å². The van der Waals surface area contributed by atoms with Gasteiger partial charge in [0.2, 0.25) is 0 Å². The van der Waals surface area contributed by atoms with Crippen LogP contribution in [0.15, 0.2) is 0 Å². The third-order valence-corrected chi connectivity index (χ3v) is 3.95. The third kappa shape index (κ3) is 2.37. The first-order chi connectivity index (χ1) is 7.22. The smallest absolute Gasteiger partial charge is 0.185 e. The second-order valence-electron chi connectivity index (χ2n) is 4.59. The molecule has 2 aliphatic heterocycles. The number of aliphatic hydroxyl groups is 1. The van der Waals surface area contributed by atoms with E-state index >= 15 is 0 Å². The van der Waals surface area contributed by atoms with Crippen LogP contribution in [0.1, 0.15) is 32.1 Å². The highest BCUT2D eigenvalue weighted by atomic mass is 32.1. The molecule has 0 aliphatic carbocycles. The zero-order valence-corrected chi connectivity index (χ0v) is 9.66.